The van der Waals surface area contributed by atoms with Crippen LogP contribution in [0.5, 0.6) is 0 Å². The third-order valence-electron chi connectivity index (χ3n) is 5.77. The van der Waals surface area contributed by atoms with Crippen LogP contribution in [-0.4, -0.2) is 51.1 Å². The lowest BCUT2D eigenvalue weighted by atomic mass is 10.1. The third kappa shape index (κ3) is 5.18. The molecular weight excluding hydrogens is 384 g/mol. The molecule has 1 saturated heterocycles. The van der Waals surface area contributed by atoms with Crippen LogP contribution in [0.15, 0.2) is 78.9 Å². The quantitative estimate of drug-likeness (QED) is 0.652. The molecule has 0 aromatic heterocycles. The molecule has 0 saturated carbocycles. The van der Waals surface area contributed by atoms with E-state index in [1.807, 2.05) is 35.2 Å². The van der Waals surface area contributed by atoms with Crippen LogP contribution in [0.1, 0.15) is 15.9 Å². The molecule has 3 aromatic carbocycles. The van der Waals surface area contributed by atoms with Crippen molar-refractivity contribution in [2.45, 2.75) is 6.54 Å². The van der Waals surface area contributed by atoms with Crippen molar-refractivity contribution in [3.05, 3.63) is 90.0 Å². The summed E-state index contributed by atoms with van der Waals surface area (Å²) in [5.74, 6) is 0.124. The summed E-state index contributed by atoms with van der Waals surface area (Å²) < 4.78 is 0. The van der Waals surface area contributed by atoms with E-state index in [0.29, 0.717) is 0 Å². The summed E-state index contributed by atoms with van der Waals surface area (Å²) in [6.07, 6.45) is 0. The summed E-state index contributed by atoms with van der Waals surface area (Å²) >= 11 is 0. The van der Waals surface area contributed by atoms with Gasteiger partial charge in [-0.1, -0.05) is 30.3 Å². The first-order valence-corrected chi connectivity index (χ1v) is 10.8. The molecule has 1 fully saturated rings. The Morgan fingerprint density at radius 3 is 2.10 bits per heavy atom. The van der Waals surface area contributed by atoms with Gasteiger partial charge in [0.2, 0.25) is 0 Å². The summed E-state index contributed by atoms with van der Waals surface area (Å²) in [5, 5.41) is 3.49. The number of carbonyl (C=O) groups excluding carboxylic acids is 1. The summed E-state index contributed by atoms with van der Waals surface area (Å²) in [7, 11) is 4.10. The Labute approximate surface area is 184 Å². The Morgan fingerprint density at radius 2 is 1.48 bits per heavy atom. The van der Waals surface area contributed by atoms with Crippen LogP contribution in [0.4, 0.5) is 17.1 Å². The van der Waals surface area contributed by atoms with Crippen molar-refractivity contribution in [2.24, 2.45) is 0 Å². The number of nitrogens with zero attached hydrogens (tertiary/aromatic N) is 3. The summed E-state index contributed by atoms with van der Waals surface area (Å²) in [5.41, 5.74) is 5.54. The lowest BCUT2D eigenvalue weighted by molar-refractivity contribution is 0.0747. The Balaban J connectivity index is 1.28. The second kappa shape index (κ2) is 9.56. The van der Waals surface area contributed by atoms with Crippen molar-refractivity contribution in [1.82, 2.24) is 4.90 Å². The van der Waals surface area contributed by atoms with Crippen LogP contribution in [0.2, 0.25) is 0 Å². The highest BCUT2D eigenvalue weighted by Crippen LogP contribution is 2.21. The van der Waals surface area contributed by atoms with Gasteiger partial charge in [-0.15, -0.1) is 0 Å². The number of hydrogen-bond acceptors (Lipinski definition) is 4. The average molecular weight is 415 g/mol. The van der Waals surface area contributed by atoms with Crippen LogP contribution in [0, 0.1) is 0 Å². The maximum absolute atomic E-state index is 12.6. The molecule has 1 heterocycles. The Hall–Kier alpha value is -3.47. The highest BCUT2D eigenvalue weighted by Gasteiger charge is 2.22. The highest BCUT2D eigenvalue weighted by atomic mass is 16.2. The van der Waals surface area contributed by atoms with E-state index in [2.05, 4.69) is 77.7 Å². The fourth-order valence-corrected chi connectivity index (χ4v) is 3.84. The van der Waals surface area contributed by atoms with Crippen molar-refractivity contribution in [1.29, 1.82) is 0 Å². The van der Waals surface area contributed by atoms with Gasteiger partial charge in [-0.25, -0.2) is 0 Å². The number of rotatable bonds is 6. The van der Waals surface area contributed by atoms with Gasteiger partial charge in [-0.2, -0.15) is 0 Å². The molecule has 0 bridgehead atoms. The maximum atomic E-state index is 12.6. The molecule has 160 valence electrons. The van der Waals surface area contributed by atoms with Crippen LogP contribution < -0.4 is 15.1 Å². The van der Waals surface area contributed by atoms with Gasteiger partial charge in [0.1, 0.15) is 0 Å². The fraction of sp³-hybridized carbons (Fsp3) is 0.269. The summed E-state index contributed by atoms with van der Waals surface area (Å²) in [6, 6.07) is 26.7. The summed E-state index contributed by atoms with van der Waals surface area (Å²) in [4.78, 5) is 19.0. The molecule has 0 unspecified atom stereocenters. The van der Waals surface area contributed by atoms with Crippen molar-refractivity contribution in [3.63, 3.8) is 0 Å². The molecular formula is C26H30N4O. The molecule has 5 nitrogen and oxygen atoms in total. The zero-order valence-corrected chi connectivity index (χ0v) is 18.3. The first-order valence-electron chi connectivity index (χ1n) is 10.8. The summed E-state index contributed by atoms with van der Waals surface area (Å²) in [6.45, 7) is 3.99. The second-order valence-electron chi connectivity index (χ2n) is 8.11. The van der Waals surface area contributed by atoms with E-state index in [4.69, 9.17) is 0 Å². The van der Waals surface area contributed by atoms with Gasteiger partial charge < -0.3 is 20.0 Å². The monoisotopic (exact) mass is 414 g/mol. The lowest BCUT2D eigenvalue weighted by Gasteiger charge is -2.36. The van der Waals surface area contributed by atoms with E-state index in [9.17, 15) is 4.79 Å². The van der Waals surface area contributed by atoms with Gasteiger partial charge in [-0.05, 0) is 54.1 Å². The Bertz CT molecular complexity index is 976. The normalized spacial score (nSPS) is 13.7. The molecule has 1 amide bonds. The minimum absolute atomic E-state index is 0.124. The third-order valence-corrected chi connectivity index (χ3v) is 5.77. The molecule has 0 atom stereocenters. The number of nitrogens with one attached hydrogen (secondary N) is 1. The molecule has 1 aliphatic rings. The van der Waals surface area contributed by atoms with E-state index in [1.54, 1.807) is 0 Å². The predicted molar refractivity (Wildman–Crippen MR) is 129 cm³/mol. The number of anilines is 3. The van der Waals surface area contributed by atoms with Gasteiger partial charge in [0.05, 0.1) is 0 Å². The van der Waals surface area contributed by atoms with Crippen LogP contribution in [-0.2, 0) is 6.54 Å². The smallest absolute Gasteiger partial charge is 0.253 e. The van der Waals surface area contributed by atoms with Gasteiger partial charge >= 0.3 is 0 Å². The SMILES string of the molecule is CN(C)c1ccc(CNc2ccc(N3CCN(C(=O)c4ccccc4)CC3)cc2)cc1. The van der Waals surface area contributed by atoms with Gasteiger partial charge in [-0.3, -0.25) is 4.79 Å². The number of amides is 1. The number of carbonyl (C=O) groups is 1. The molecule has 1 aliphatic heterocycles. The van der Waals surface area contributed by atoms with Crippen LogP contribution in [0.3, 0.4) is 0 Å². The Morgan fingerprint density at radius 1 is 0.839 bits per heavy atom. The van der Waals surface area contributed by atoms with Crippen molar-refractivity contribution >= 4 is 23.0 Å². The topological polar surface area (TPSA) is 38.8 Å². The molecule has 0 spiro atoms. The standard InChI is InChI=1S/C26H30N4O/c1-28(2)24-12-8-21(9-13-24)20-27-23-10-14-25(15-11-23)29-16-18-30(19-17-29)26(31)22-6-4-3-5-7-22/h3-15,27H,16-20H2,1-2H3. The minimum Gasteiger partial charge on any atom is -0.381 e. The van der Waals surface area contributed by atoms with Crippen LogP contribution in [0.25, 0.3) is 0 Å². The van der Waals surface area contributed by atoms with E-state index in [-0.39, 0.29) is 5.91 Å². The molecule has 1 N–H and O–H groups in total. The van der Waals surface area contributed by atoms with E-state index >= 15 is 0 Å². The van der Waals surface area contributed by atoms with E-state index in [0.717, 1.165) is 44.0 Å². The molecule has 3 aromatic rings. The largest absolute Gasteiger partial charge is 0.381 e. The zero-order valence-electron chi connectivity index (χ0n) is 18.3. The van der Waals surface area contributed by atoms with Gasteiger partial charge in [0.15, 0.2) is 0 Å². The first-order chi connectivity index (χ1) is 15.1. The number of hydrogen-bond donors (Lipinski definition) is 1. The molecule has 0 aliphatic carbocycles. The minimum atomic E-state index is 0.124. The van der Waals surface area contributed by atoms with Gasteiger partial charge in [0, 0.05) is 69.4 Å². The van der Waals surface area contributed by atoms with Crippen molar-refractivity contribution in [2.75, 3.05) is 55.4 Å². The second-order valence-corrected chi connectivity index (χ2v) is 8.11. The van der Waals surface area contributed by atoms with E-state index in [1.165, 1.54) is 16.9 Å². The molecule has 5 heteroatoms. The lowest BCUT2D eigenvalue weighted by Crippen LogP contribution is -2.48. The predicted octanol–water partition coefficient (Wildman–Crippen LogP) is 4.33. The van der Waals surface area contributed by atoms with Crippen LogP contribution >= 0.6 is 0 Å². The average Bonchev–Trinajstić information content (AvgIpc) is 2.83. The zero-order chi connectivity index (χ0) is 21.6. The van der Waals surface area contributed by atoms with Gasteiger partial charge in [0.25, 0.3) is 5.91 Å². The van der Waals surface area contributed by atoms with Crippen molar-refractivity contribution in [3.8, 4) is 0 Å². The van der Waals surface area contributed by atoms with Crippen molar-refractivity contribution < 1.29 is 4.79 Å². The number of benzene rings is 3. The maximum Gasteiger partial charge on any atom is 0.253 e. The van der Waals surface area contributed by atoms with E-state index < -0.39 is 0 Å². The fourth-order valence-electron chi connectivity index (χ4n) is 3.84. The number of piperazine rings is 1. The molecule has 0 radical (unpaired) electrons. The molecule has 4 rings (SSSR count). The molecule has 31 heavy (non-hydrogen) atoms. The highest BCUT2D eigenvalue weighted by molar-refractivity contribution is 5.94. The first kappa shape index (κ1) is 20.8. The Kier molecular flexibility index (Phi) is 6.41.